The van der Waals surface area contributed by atoms with Gasteiger partial charge in [-0.05, 0) is 46.3 Å². The summed E-state index contributed by atoms with van der Waals surface area (Å²) >= 11 is 3.46. The van der Waals surface area contributed by atoms with E-state index in [-0.39, 0.29) is 0 Å². The van der Waals surface area contributed by atoms with Gasteiger partial charge in [-0.3, -0.25) is 0 Å². The highest BCUT2D eigenvalue weighted by molar-refractivity contribution is 9.10. The molecular formula is C11H13BrN4. The Morgan fingerprint density at radius 2 is 2.44 bits per heavy atom. The van der Waals surface area contributed by atoms with Crippen molar-refractivity contribution in [2.75, 3.05) is 11.9 Å². The standard InChI is InChI=1S/C11H13BrN4/c1-7-5-8(7)6-13-11-14-10-9(12)3-2-4-16(10)15-11/h2-4,7-8H,5-6H2,1H3,(H,13,15). The van der Waals surface area contributed by atoms with Gasteiger partial charge in [0.25, 0.3) is 0 Å². The number of hydrogen-bond acceptors (Lipinski definition) is 3. The Morgan fingerprint density at radius 1 is 1.62 bits per heavy atom. The first-order valence-corrected chi connectivity index (χ1v) is 6.28. The van der Waals surface area contributed by atoms with Gasteiger partial charge in [0, 0.05) is 12.7 Å². The second-order valence-electron chi connectivity index (χ2n) is 4.41. The molecule has 0 spiro atoms. The number of nitrogens with zero attached hydrogens (tertiary/aromatic N) is 3. The van der Waals surface area contributed by atoms with Crippen LogP contribution < -0.4 is 5.32 Å². The lowest BCUT2D eigenvalue weighted by molar-refractivity contribution is 0.780. The highest BCUT2D eigenvalue weighted by Gasteiger charge is 2.32. The number of fused-ring (bicyclic) bond motifs is 1. The monoisotopic (exact) mass is 280 g/mol. The Morgan fingerprint density at radius 3 is 3.12 bits per heavy atom. The molecule has 2 atom stereocenters. The van der Waals surface area contributed by atoms with Gasteiger partial charge in [-0.2, -0.15) is 4.98 Å². The molecule has 1 saturated carbocycles. The van der Waals surface area contributed by atoms with Gasteiger partial charge in [0.15, 0.2) is 5.65 Å². The quantitative estimate of drug-likeness (QED) is 0.940. The smallest absolute Gasteiger partial charge is 0.243 e. The molecule has 16 heavy (non-hydrogen) atoms. The zero-order valence-electron chi connectivity index (χ0n) is 9.02. The van der Waals surface area contributed by atoms with Gasteiger partial charge in [-0.1, -0.05) is 6.92 Å². The fourth-order valence-electron chi connectivity index (χ4n) is 1.85. The fraction of sp³-hybridized carbons (Fsp3) is 0.455. The molecule has 1 fully saturated rings. The fourth-order valence-corrected chi connectivity index (χ4v) is 2.28. The third kappa shape index (κ3) is 1.80. The van der Waals surface area contributed by atoms with Crippen molar-refractivity contribution in [2.45, 2.75) is 13.3 Å². The van der Waals surface area contributed by atoms with E-state index < -0.39 is 0 Å². The number of halogens is 1. The summed E-state index contributed by atoms with van der Waals surface area (Å²) in [4.78, 5) is 4.43. The molecule has 0 aliphatic heterocycles. The van der Waals surface area contributed by atoms with E-state index in [0.29, 0.717) is 5.95 Å². The van der Waals surface area contributed by atoms with Crippen molar-refractivity contribution in [1.29, 1.82) is 0 Å². The van der Waals surface area contributed by atoms with E-state index in [1.807, 2.05) is 18.3 Å². The Bertz CT molecular complexity index is 522. The molecule has 3 rings (SSSR count). The van der Waals surface area contributed by atoms with Crippen molar-refractivity contribution in [3.8, 4) is 0 Å². The Balaban J connectivity index is 1.79. The molecule has 0 amide bonds. The average molecular weight is 281 g/mol. The van der Waals surface area contributed by atoms with Crippen LogP contribution in [0.25, 0.3) is 5.65 Å². The molecule has 0 bridgehead atoms. The first kappa shape index (κ1) is 10.1. The average Bonchev–Trinajstić information content (AvgIpc) is 2.79. The Hall–Kier alpha value is -1.10. The van der Waals surface area contributed by atoms with Gasteiger partial charge in [-0.15, -0.1) is 5.10 Å². The predicted octanol–water partition coefficient (Wildman–Crippen LogP) is 2.56. The van der Waals surface area contributed by atoms with E-state index >= 15 is 0 Å². The molecule has 4 nitrogen and oxygen atoms in total. The molecule has 2 aromatic heterocycles. The van der Waals surface area contributed by atoms with Gasteiger partial charge in [0.1, 0.15) is 0 Å². The first-order chi connectivity index (χ1) is 7.74. The number of rotatable bonds is 3. The molecule has 2 aromatic rings. The maximum absolute atomic E-state index is 4.43. The van der Waals surface area contributed by atoms with Gasteiger partial charge < -0.3 is 5.32 Å². The van der Waals surface area contributed by atoms with Crippen LogP contribution in [0.1, 0.15) is 13.3 Å². The van der Waals surface area contributed by atoms with Crippen LogP contribution >= 0.6 is 15.9 Å². The number of pyridine rings is 1. The SMILES string of the molecule is CC1CC1CNc1nc2c(Br)cccn2n1. The molecule has 1 N–H and O–H groups in total. The van der Waals surface area contributed by atoms with E-state index in [1.165, 1.54) is 6.42 Å². The molecule has 0 radical (unpaired) electrons. The lowest BCUT2D eigenvalue weighted by Gasteiger charge is -1.97. The molecule has 2 heterocycles. The van der Waals surface area contributed by atoms with Crippen LogP contribution in [0.5, 0.6) is 0 Å². The van der Waals surface area contributed by atoms with Crippen LogP contribution in [0.15, 0.2) is 22.8 Å². The van der Waals surface area contributed by atoms with E-state index in [0.717, 1.165) is 28.5 Å². The van der Waals surface area contributed by atoms with Gasteiger partial charge in [0.2, 0.25) is 5.95 Å². The third-order valence-electron chi connectivity index (χ3n) is 3.11. The van der Waals surface area contributed by atoms with Gasteiger partial charge in [0.05, 0.1) is 4.47 Å². The molecule has 1 aliphatic carbocycles. The minimum atomic E-state index is 0.714. The maximum atomic E-state index is 4.43. The third-order valence-corrected chi connectivity index (χ3v) is 3.73. The molecule has 84 valence electrons. The van der Waals surface area contributed by atoms with Crippen molar-refractivity contribution in [3.05, 3.63) is 22.8 Å². The van der Waals surface area contributed by atoms with Gasteiger partial charge in [-0.25, -0.2) is 4.52 Å². The van der Waals surface area contributed by atoms with Gasteiger partial charge >= 0.3 is 0 Å². The van der Waals surface area contributed by atoms with Crippen LogP contribution in [-0.2, 0) is 0 Å². The topological polar surface area (TPSA) is 42.2 Å². The first-order valence-electron chi connectivity index (χ1n) is 5.49. The number of anilines is 1. The summed E-state index contributed by atoms with van der Waals surface area (Å²) in [6, 6.07) is 3.91. The van der Waals surface area contributed by atoms with Crippen LogP contribution in [0.4, 0.5) is 5.95 Å². The summed E-state index contributed by atoms with van der Waals surface area (Å²) < 4.78 is 2.75. The summed E-state index contributed by atoms with van der Waals surface area (Å²) in [5.74, 6) is 2.37. The summed E-state index contributed by atoms with van der Waals surface area (Å²) in [6.07, 6.45) is 3.22. The zero-order chi connectivity index (χ0) is 11.1. The Labute approximate surface area is 102 Å². The molecule has 0 aromatic carbocycles. The minimum Gasteiger partial charge on any atom is -0.353 e. The summed E-state index contributed by atoms with van der Waals surface area (Å²) in [6.45, 7) is 3.26. The number of hydrogen-bond donors (Lipinski definition) is 1. The van der Waals surface area contributed by atoms with Crippen LogP contribution in [0, 0.1) is 11.8 Å². The summed E-state index contributed by atoms with van der Waals surface area (Å²) in [5.41, 5.74) is 0.855. The molecule has 2 unspecified atom stereocenters. The van der Waals surface area contributed by atoms with Crippen molar-refractivity contribution in [3.63, 3.8) is 0 Å². The minimum absolute atomic E-state index is 0.714. The lowest BCUT2D eigenvalue weighted by Crippen LogP contribution is -2.05. The van der Waals surface area contributed by atoms with Crippen molar-refractivity contribution in [1.82, 2.24) is 14.6 Å². The van der Waals surface area contributed by atoms with Crippen molar-refractivity contribution >= 4 is 27.5 Å². The largest absolute Gasteiger partial charge is 0.353 e. The normalized spacial score (nSPS) is 23.6. The van der Waals surface area contributed by atoms with Crippen LogP contribution in [0.2, 0.25) is 0 Å². The van der Waals surface area contributed by atoms with E-state index in [2.05, 4.69) is 38.3 Å². The highest BCUT2D eigenvalue weighted by Crippen LogP contribution is 2.37. The maximum Gasteiger partial charge on any atom is 0.243 e. The number of nitrogens with one attached hydrogen (secondary N) is 1. The van der Waals surface area contributed by atoms with Crippen molar-refractivity contribution in [2.24, 2.45) is 11.8 Å². The predicted molar refractivity (Wildman–Crippen MR) is 66.4 cm³/mol. The summed E-state index contributed by atoms with van der Waals surface area (Å²) in [5, 5.41) is 7.65. The van der Waals surface area contributed by atoms with Crippen molar-refractivity contribution < 1.29 is 0 Å². The molecule has 0 saturated heterocycles. The van der Waals surface area contributed by atoms with Crippen LogP contribution in [-0.4, -0.2) is 21.1 Å². The Kier molecular flexibility index (Phi) is 2.35. The molecule has 1 aliphatic rings. The molecule has 5 heteroatoms. The second-order valence-corrected chi connectivity index (χ2v) is 5.27. The number of aromatic nitrogens is 3. The summed E-state index contributed by atoms with van der Waals surface area (Å²) in [7, 11) is 0. The van der Waals surface area contributed by atoms with Crippen LogP contribution in [0.3, 0.4) is 0 Å². The van der Waals surface area contributed by atoms with E-state index in [9.17, 15) is 0 Å². The lowest BCUT2D eigenvalue weighted by atomic mass is 10.3. The zero-order valence-corrected chi connectivity index (χ0v) is 10.6. The second kappa shape index (κ2) is 3.73. The highest BCUT2D eigenvalue weighted by atomic mass is 79.9. The molecular weight excluding hydrogens is 268 g/mol. The van der Waals surface area contributed by atoms with E-state index in [1.54, 1.807) is 4.52 Å². The van der Waals surface area contributed by atoms with E-state index in [4.69, 9.17) is 0 Å².